The Hall–Kier alpha value is -0.650. The van der Waals surface area contributed by atoms with Crippen LogP contribution in [0.2, 0.25) is 0 Å². The van der Waals surface area contributed by atoms with Gasteiger partial charge in [0.15, 0.2) is 0 Å². The molecular weight excluding hydrogens is 244 g/mol. The molecule has 1 aliphatic carbocycles. The van der Waals surface area contributed by atoms with Crippen molar-refractivity contribution in [1.82, 2.24) is 10.2 Å². The van der Waals surface area contributed by atoms with Crippen LogP contribution in [0.1, 0.15) is 33.6 Å². The van der Waals surface area contributed by atoms with Gasteiger partial charge in [-0.15, -0.1) is 0 Å². The quantitative estimate of drug-likeness (QED) is 0.723. The third-order valence-electron chi connectivity index (χ3n) is 3.74. The Morgan fingerprint density at radius 2 is 2.21 bits per heavy atom. The summed E-state index contributed by atoms with van der Waals surface area (Å²) in [6.07, 6.45) is 2.58. The van der Waals surface area contributed by atoms with Crippen LogP contribution < -0.4 is 5.32 Å². The maximum Gasteiger partial charge on any atom is 0.324 e. The van der Waals surface area contributed by atoms with Crippen molar-refractivity contribution < 1.29 is 14.3 Å². The number of carbonyl (C=O) groups is 1. The molecule has 0 bridgehead atoms. The molecule has 0 amide bonds. The van der Waals surface area contributed by atoms with Crippen molar-refractivity contribution in [3.05, 3.63) is 0 Å². The highest BCUT2D eigenvalue weighted by Gasteiger charge is 2.33. The van der Waals surface area contributed by atoms with Gasteiger partial charge in [-0.05, 0) is 33.6 Å². The first-order valence-electron chi connectivity index (χ1n) is 7.38. The number of nitrogens with zero attached hydrogens (tertiary/aromatic N) is 1. The Balaban J connectivity index is 1.91. The van der Waals surface area contributed by atoms with Gasteiger partial charge in [0, 0.05) is 25.2 Å². The molecule has 1 saturated carbocycles. The van der Waals surface area contributed by atoms with E-state index in [1.54, 1.807) is 0 Å². The predicted molar refractivity (Wildman–Crippen MR) is 73.0 cm³/mol. The molecule has 1 N–H and O–H groups in total. The van der Waals surface area contributed by atoms with Crippen LogP contribution in [0.3, 0.4) is 0 Å². The van der Waals surface area contributed by atoms with Gasteiger partial charge < -0.3 is 14.8 Å². The zero-order chi connectivity index (χ0) is 13.8. The van der Waals surface area contributed by atoms with Crippen molar-refractivity contribution >= 4 is 5.97 Å². The maximum absolute atomic E-state index is 12.0. The summed E-state index contributed by atoms with van der Waals surface area (Å²) in [6, 6.07) is 0.650. The Bertz CT molecular complexity index is 307. The minimum absolute atomic E-state index is 0.124. The van der Waals surface area contributed by atoms with Crippen LogP contribution in [0.25, 0.3) is 0 Å². The molecule has 3 atom stereocenters. The molecule has 3 unspecified atom stereocenters. The van der Waals surface area contributed by atoms with E-state index < -0.39 is 0 Å². The van der Waals surface area contributed by atoms with Crippen molar-refractivity contribution in [3.8, 4) is 0 Å². The number of nitrogens with one attached hydrogen (secondary N) is 1. The zero-order valence-corrected chi connectivity index (χ0v) is 12.2. The van der Waals surface area contributed by atoms with Gasteiger partial charge in [-0.3, -0.25) is 9.69 Å². The molecule has 2 fully saturated rings. The third-order valence-corrected chi connectivity index (χ3v) is 3.74. The van der Waals surface area contributed by atoms with E-state index in [4.69, 9.17) is 9.47 Å². The van der Waals surface area contributed by atoms with Gasteiger partial charge >= 0.3 is 5.97 Å². The zero-order valence-electron chi connectivity index (χ0n) is 12.2. The first kappa shape index (κ1) is 14.8. The van der Waals surface area contributed by atoms with E-state index in [1.165, 1.54) is 12.8 Å². The van der Waals surface area contributed by atoms with E-state index in [0.29, 0.717) is 25.2 Å². The van der Waals surface area contributed by atoms with Crippen molar-refractivity contribution in [1.29, 1.82) is 0 Å². The summed E-state index contributed by atoms with van der Waals surface area (Å²) in [5.74, 6) is -0.124. The molecule has 19 heavy (non-hydrogen) atoms. The number of rotatable bonds is 6. The van der Waals surface area contributed by atoms with E-state index >= 15 is 0 Å². The Morgan fingerprint density at radius 3 is 2.84 bits per heavy atom. The summed E-state index contributed by atoms with van der Waals surface area (Å²) in [5, 5.41) is 3.40. The summed E-state index contributed by atoms with van der Waals surface area (Å²) in [6.45, 7) is 8.84. The van der Waals surface area contributed by atoms with Crippen molar-refractivity contribution in [2.75, 3.05) is 26.3 Å². The van der Waals surface area contributed by atoms with Gasteiger partial charge in [0.2, 0.25) is 0 Å². The molecule has 1 saturated heterocycles. The second-order valence-corrected chi connectivity index (χ2v) is 5.69. The molecule has 0 aromatic heterocycles. The van der Waals surface area contributed by atoms with Crippen molar-refractivity contribution in [2.45, 2.75) is 57.8 Å². The molecule has 0 aromatic carbocycles. The smallest absolute Gasteiger partial charge is 0.324 e. The van der Waals surface area contributed by atoms with E-state index in [1.807, 2.05) is 6.92 Å². The van der Waals surface area contributed by atoms with Gasteiger partial charge in [-0.1, -0.05) is 0 Å². The van der Waals surface area contributed by atoms with Crippen LogP contribution in [0.4, 0.5) is 0 Å². The third kappa shape index (κ3) is 4.44. The maximum atomic E-state index is 12.0. The van der Waals surface area contributed by atoms with E-state index in [-0.39, 0.29) is 18.1 Å². The highest BCUT2D eigenvalue weighted by Crippen LogP contribution is 2.20. The number of ether oxygens (including phenoxy) is 2. The van der Waals surface area contributed by atoms with Gasteiger partial charge in [0.25, 0.3) is 0 Å². The molecule has 110 valence electrons. The number of morpholine rings is 1. The van der Waals surface area contributed by atoms with Crippen LogP contribution >= 0.6 is 0 Å². The monoisotopic (exact) mass is 270 g/mol. The Morgan fingerprint density at radius 1 is 1.47 bits per heavy atom. The lowest BCUT2D eigenvalue weighted by atomic mass is 10.1. The standard InChI is InChI=1S/C14H26N2O3/c1-4-18-14(17)13(15-12-5-6-12)8-16-7-11(3)19-9-10(16)2/h10-13,15H,4-9H2,1-3H3. The molecule has 0 spiro atoms. The second kappa shape index (κ2) is 6.68. The lowest BCUT2D eigenvalue weighted by Crippen LogP contribution is -2.55. The Labute approximate surface area is 115 Å². The molecule has 1 aliphatic heterocycles. The fourth-order valence-corrected chi connectivity index (χ4v) is 2.43. The number of hydrogen-bond donors (Lipinski definition) is 1. The topological polar surface area (TPSA) is 50.8 Å². The van der Waals surface area contributed by atoms with Gasteiger partial charge in [0.05, 0.1) is 19.3 Å². The normalized spacial score (nSPS) is 30.1. The summed E-state index contributed by atoms with van der Waals surface area (Å²) in [5.41, 5.74) is 0. The highest BCUT2D eigenvalue weighted by atomic mass is 16.5. The summed E-state index contributed by atoms with van der Waals surface area (Å²) < 4.78 is 10.8. The van der Waals surface area contributed by atoms with Crippen LogP contribution in [0.15, 0.2) is 0 Å². The highest BCUT2D eigenvalue weighted by molar-refractivity contribution is 5.76. The fraction of sp³-hybridized carbons (Fsp3) is 0.929. The van der Waals surface area contributed by atoms with Crippen LogP contribution in [0, 0.1) is 0 Å². The van der Waals surface area contributed by atoms with Gasteiger partial charge in [0.1, 0.15) is 6.04 Å². The molecular formula is C14H26N2O3. The molecule has 5 nitrogen and oxygen atoms in total. The molecule has 2 aliphatic rings. The minimum Gasteiger partial charge on any atom is -0.465 e. The first-order valence-corrected chi connectivity index (χ1v) is 7.38. The molecule has 0 radical (unpaired) electrons. The molecule has 0 aromatic rings. The van der Waals surface area contributed by atoms with Crippen molar-refractivity contribution in [2.24, 2.45) is 0 Å². The minimum atomic E-state index is -0.208. The lowest BCUT2D eigenvalue weighted by molar-refractivity contribution is -0.147. The average Bonchev–Trinajstić information content (AvgIpc) is 3.17. The SMILES string of the molecule is CCOC(=O)C(CN1CC(C)OCC1C)NC1CC1. The van der Waals surface area contributed by atoms with Gasteiger partial charge in [-0.2, -0.15) is 0 Å². The largest absolute Gasteiger partial charge is 0.465 e. The molecule has 2 rings (SSSR count). The number of esters is 1. The summed E-state index contributed by atoms with van der Waals surface area (Å²) >= 11 is 0. The summed E-state index contributed by atoms with van der Waals surface area (Å²) in [4.78, 5) is 14.4. The van der Waals surface area contributed by atoms with E-state index in [0.717, 1.165) is 13.2 Å². The van der Waals surface area contributed by atoms with E-state index in [2.05, 4.69) is 24.1 Å². The predicted octanol–water partition coefficient (Wildman–Crippen LogP) is 0.779. The molecule has 5 heteroatoms. The van der Waals surface area contributed by atoms with Crippen LogP contribution in [-0.4, -0.2) is 61.4 Å². The van der Waals surface area contributed by atoms with E-state index in [9.17, 15) is 4.79 Å². The number of carbonyl (C=O) groups excluding carboxylic acids is 1. The van der Waals surface area contributed by atoms with Gasteiger partial charge in [-0.25, -0.2) is 0 Å². The summed E-state index contributed by atoms with van der Waals surface area (Å²) in [7, 11) is 0. The van der Waals surface area contributed by atoms with Crippen LogP contribution in [-0.2, 0) is 14.3 Å². The second-order valence-electron chi connectivity index (χ2n) is 5.69. The fourth-order valence-electron chi connectivity index (χ4n) is 2.43. The van der Waals surface area contributed by atoms with Crippen molar-refractivity contribution in [3.63, 3.8) is 0 Å². The lowest BCUT2D eigenvalue weighted by Gasteiger charge is -2.38. The Kier molecular flexibility index (Phi) is 5.19. The van der Waals surface area contributed by atoms with Crippen LogP contribution in [0.5, 0.6) is 0 Å². The average molecular weight is 270 g/mol. The molecule has 1 heterocycles. The number of hydrogen-bond acceptors (Lipinski definition) is 5. The first-order chi connectivity index (χ1) is 9.10.